The zero-order valence-corrected chi connectivity index (χ0v) is 17.7. The van der Waals surface area contributed by atoms with Gasteiger partial charge < -0.3 is 14.6 Å². The lowest BCUT2D eigenvalue weighted by molar-refractivity contribution is 0.0932. The average Bonchev–Trinajstić information content (AvgIpc) is 3.39. The largest absolute Gasteiger partial charge is 0.496 e. The Labute approximate surface area is 182 Å². The lowest BCUT2D eigenvalue weighted by Crippen LogP contribution is -2.32. The first-order valence-electron chi connectivity index (χ1n) is 10.8. The standard InChI is InChI=1S/C24H27N5O2/c1-31-21-10-6-5-9-18(21)13-28-14-19-11-22-26-27-23(29(22)16-20(19)15-28)24(30)25-12-17-7-3-2-4-8-17/h2-10,19-20H,11-16H2,1H3,(H,25,30)/t19-,20+/m0/s1. The molecule has 2 aliphatic heterocycles. The quantitative estimate of drug-likeness (QED) is 0.667. The van der Waals surface area contributed by atoms with Gasteiger partial charge in [-0.1, -0.05) is 48.5 Å². The average molecular weight is 418 g/mol. The third-order valence-corrected chi connectivity index (χ3v) is 6.43. The number of nitrogens with zero attached hydrogens (tertiary/aromatic N) is 4. The van der Waals surface area contributed by atoms with Crippen LogP contribution in [0.4, 0.5) is 0 Å². The number of carbonyl (C=O) groups is 1. The summed E-state index contributed by atoms with van der Waals surface area (Å²) in [7, 11) is 1.72. The van der Waals surface area contributed by atoms with Crippen LogP contribution < -0.4 is 10.1 Å². The second-order valence-electron chi connectivity index (χ2n) is 8.45. The molecule has 5 rings (SSSR count). The lowest BCUT2D eigenvalue weighted by atomic mass is 9.89. The van der Waals surface area contributed by atoms with E-state index in [-0.39, 0.29) is 5.91 Å². The van der Waals surface area contributed by atoms with E-state index in [9.17, 15) is 4.79 Å². The summed E-state index contributed by atoms with van der Waals surface area (Å²) in [6.07, 6.45) is 0.867. The number of ether oxygens (including phenoxy) is 1. The van der Waals surface area contributed by atoms with E-state index in [1.54, 1.807) is 7.11 Å². The molecule has 31 heavy (non-hydrogen) atoms. The molecule has 1 aromatic heterocycles. The normalized spacial score (nSPS) is 20.2. The van der Waals surface area contributed by atoms with Crippen molar-refractivity contribution in [2.45, 2.75) is 26.1 Å². The van der Waals surface area contributed by atoms with Crippen molar-refractivity contribution in [1.29, 1.82) is 0 Å². The highest BCUT2D eigenvalue weighted by atomic mass is 16.5. The molecule has 7 heteroatoms. The Morgan fingerprint density at radius 3 is 2.65 bits per heavy atom. The van der Waals surface area contributed by atoms with Crippen molar-refractivity contribution >= 4 is 5.91 Å². The van der Waals surface area contributed by atoms with Gasteiger partial charge >= 0.3 is 0 Å². The predicted molar refractivity (Wildman–Crippen MR) is 117 cm³/mol. The van der Waals surface area contributed by atoms with Gasteiger partial charge in [-0.2, -0.15) is 0 Å². The first-order chi connectivity index (χ1) is 15.2. The summed E-state index contributed by atoms with van der Waals surface area (Å²) in [5.41, 5.74) is 2.28. The molecule has 3 aromatic rings. The van der Waals surface area contributed by atoms with E-state index in [1.807, 2.05) is 47.0 Å². The molecular formula is C24H27N5O2. The minimum absolute atomic E-state index is 0.162. The number of carbonyl (C=O) groups excluding carboxylic acids is 1. The second kappa shape index (κ2) is 8.51. The molecule has 2 aliphatic rings. The van der Waals surface area contributed by atoms with Gasteiger partial charge in [-0.25, -0.2) is 0 Å². The molecule has 2 atom stereocenters. The van der Waals surface area contributed by atoms with E-state index in [0.29, 0.717) is 24.2 Å². The second-order valence-corrected chi connectivity index (χ2v) is 8.45. The molecule has 0 bridgehead atoms. The van der Waals surface area contributed by atoms with Gasteiger partial charge in [-0.15, -0.1) is 10.2 Å². The topological polar surface area (TPSA) is 72.3 Å². The highest BCUT2D eigenvalue weighted by molar-refractivity contribution is 5.90. The van der Waals surface area contributed by atoms with Crippen LogP contribution in [-0.4, -0.2) is 45.8 Å². The van der Waals surface area contributed by atoms with Crippen LogP contribution in [-0.2, 0) is 26.1 Å². The highest BCUT2D eigenvalue weighted by Crippen LogP contribution is 2.34. The maximum atomic E-state index is 12.8. The summed E-state index contributed by atoms with van der Waals surface area (Å²) >= 11 is 0. The van der Waals surface area contributed by atoms with Crippen molar-refractivity contribution in [3.63, 3.8) is 0 Å². The van der Waals surface area contributed by atoms with E-state index >= 15 is 0 Å². The van der Waals surface area contributed by atoms with Crippen LogP contribution >= 0.6 is 0 Å². The van der Waals surface area contributed by atoms with Crippen LogP contribution in [0.1, 0.15) is 27.6 Å². The van der Waals surface area contributed by atoms with Crippen molar-refractivity contribution in [2.24, 2.45) is 11.8 Å². The summed E-state index contributed by atoms with van der Waals surface area (Å²) in [5, 5.41) is 11.5. The van der Waals surface area contributed by atoms with E-state index in [1.165, 1.54) is 5.56 Å². The van der Waals surface area contributed by atoms with E-state index < -0.39 is 0 Å². The van der Waals surface area contributed by atoms with Crippen LogP contribution in [0.15, 0.2) is 54.6 Å². The van der Waals surface area contributed by atoms with Crippen LogP contribution in [0.25, 0.3) is 0 Å². The monoisotopic (exact) mass is 417 g/mol. The highest BCUT2D eigenvalue weighted by Gasteiger charge is 2.39. The van der Waals surface area contributed by atoms with Gasteiger partial charge in [-0.3, -0.25) is 9.69 Å². The Morgan fingerprint density at radius 1 is 1.03 bits per heavy atom. The zero-order valence-electron chi connectivity index (χ0n) is 17.7. The van der Waals surface area contributed by atoms with Gasteiger partial charge in [0.25, 0.3) is 5.91 Å². The summed E-state index contributed by atoms with van der Waals surface area (Å²) in [4.78, 5) is 15.2. The maximum Gasteiger partial charge on any atom is 0.289 e. The minimum atomic E-state index is -0.162. The molecule has 0 radical (unpaired) electrons. The molecule has 1 amide bonds. The maximum absolute atomic E-state index is 12.8. The summed E-state index contributed by atoms with van der Waals surface area (Å²) in [6, 6.07) is 18.1. The fraction of sp³-hybridized carbons (Fsp3) is 0.375. The number of rotatable bonds is 6. The number of benzene rings is 2. The minimum Gasteiger partial charge on any atom is -0.496 e. The van der Waals surface area contributed by atoms with Gasteiger partial charge in [0.2, 0.25) is 5.82 Å². The number of nitrogens with one attached hydrogen (secondary N) is 1. The first kappa shape index (κ1) is 19.8. The predicted octanol–water partition coefficient (Wildman–Crippen LogP) is 2.52. The van der Waals surface area contributed by atoms with Gasteiger partial charge in [0.1, 0.15) is 11.6 Å². The van der Waals surface area contributed by atoms with E-state index in [0.717, 1.165) is 49.7 Å². The Morgan fingerprint density at radius 2 is 1.81 bits per heavy atom. The number of para-hydroxylation sites is 1. The van der Waals surface area contributed by atoms with Gasteiger partial charge in [0.05, 0.1) is 7.11 Å². The van der Waals surface area contributed by atoms with Gasteiger partial charge in [0.15, 0.2) is 0 Å². The van der Waals surface area contributed by atoms with Crippen molar-refractivity contribution in [1.82, 2.24) is 25.0 Å². The summed E-state index contributed by atoms with van der Waals surface area (Å²) < 4.78 is 7.54. The van der Waals surface area contributed by atoms with Crippen molar-refractivity contribution < 1.29 is 9.53 Å². The third-order valence-electron chi connectivity index (χ3n) is 6.43. The van der Waals surface area contributed by atoms with Crippen molar-refractivity contribution in [3.05, 3.63) is 77.4 Å². The number of aromatic nitrogens is 3. The summed E-state index contributed by atoms with van der Waals surface area (Å²) in [6.45, 7) is 4.20. The Kier molecular flexibility index (Phi) is 5.42. The molecule has 160 valence electrons. The first-order valence-corrected chi connectivity index (χ1v) is 10.8. The SMILES string of the molecule is COc1ccccc1CN1C[C@@H]2Cn3c(nnc3C(=O)NCc3ccccc3)C[C@H]2C1. The molecule has 3 heterocycles. The Bertz CT molecular complexity index is 1060. The van der Waals surface area contributed by atoms with Gasteiger partial charge in [-0.05, 0) is 23.5 Å². The van der Waals surface area contributed by atoms with Crippen LogP contribution in [0.2, 0.25) is 0 Å². The summed E-state index contributed by atoms with van der Waals surface area (Å²) in [5.74, 6) is 3.17. The number of hydrogen-bond donors (Lipinski definition) is 1. The van der Waals surface area contributed by atoms with E-state index in [2.05, 4.69) is 32.5 Å². The molecule has 0 spiro atoms. The molecule has 1 saturated heterocycles. The molecule has 0 saturated carbocycles. The number of amides is 1. The van der Waals surface area contributed by atoms with Gasteiger partial charge in [0, 0.05) is 44.7 Å². The molecule has 0 aliphatic carbocycles. The Hall–Kier alpha value is -3.19. The van der Waals surface area contributed by atoms with Crippen LogP contribution in [0, 0.1) is 11.8 Å². The fourth-order valence-corrected chi connectivity index (χ4v) is 4.85. The van der Waals surface area contributed by atoms with Crippen molar-refractivity contribution in [3.8, 4) is 5.75 Å². The molecule has 1 fully saturated rings. The molecule has 2 aromatic carbocycles. The van der Waals surface area contributed by atoms with Crippen LogP contribution in [0.3, 0.4) is 0 Å². The number of likely N-dealkylation sites (tertiary alicyclic amines) is 1. The van der Waals surface area contributed by atoms with Crippen molar-refractivity contribution in [2.75, 3.05) is 20.2 Å². The number of hydrogen-bond acceptors (Lipinski definition) is 5. The number of fused-ring (bicyclic) bond motifs is 2. The molecule has 7 nitrogen and oxygen atoms in total. The Balaban J connectivity index is 1.24. The molecule has 0 unspecified atom stereocenters. The lowest BCUT2D eigenvalue weighted by Gasteiger charge is -2.25. The smallest absolute Gasteiger partial charge is 0.289 e. The third kappa shape index (κ3) is 4.05. The zero-order chi connectivity index (χ0) is 21.2. The fourth-order valence-electron chi connectivity index (χ4n) is 4.85. The van der Waals surface area contributed by atoms with Crippen LogP contribution in [0.5, 0.6) is 5.75 Å². The molecule has 1 N–H and O–H groups in total. The molecular weight excluding hydrogens is 390 g/mol. The van der Waals surface area contributed by atoms with E-state index in [4.69, 9.17) is 4.74 Å². The number of methoxy groups -OCH3 is 1.